The lowest BCUT2D eigenvalue weighted by Crippen LogP contribution is -2.43. The first-order valence-corrected chi connectivity index (χ1v) is 8.53. The van der Waals surface area contributed by atoms with E-state index in [1.807, 2.05) is 16.9 Å². The maximum atomic E-state index is 12.5. The minimum absolute atomic E-state index is 0.242. The van der Waals surface area contributed by atoms with E-state index in [-0.39, 0.29) is 17.9 Å². The predicted octanol–water partition coefficient (Wildman–Crippen LogP) is 1.61. The number of benzene rings is 1. The largest absolute Gasteiger partial charge is 0.465 e. The Hall–Kier alpha value is -3.05. The fraction of sp³-hybridized carbons (Fsp3) is 0.125. The standard InChI is InChI=1S/C16H13N3O4S/c17-11-13(10-14-5-3-9-23-14)16(20)18-24(21,22)19-8-7-12-4-1-2-6-15(12)19/h1-6,9-10H,7-8H2,(H,18,20)/b13-10-. The minimum Gasteiger partial charge on any atom is -0.465 e. The second-order valence-corrected chi connectivity index (χ2v) is 6.67. The van der Waals surface area contributed by atoms with Gasteiger partial charge in [0.25, 0.3) is 5.91 Å². The topological polar surface area (TPSA) is 103 Å². The van der Waals surface area contributed by atoms with Crippen molar-refractivity contribution >= 4 is 27.9 Å². The number of para-hydroxylation sites is 1. The van der Waals surface area contributed by atoms with Crippen molar-refractivity contribution in [2.75, 3.05) is 10.8 Å². The third kappa shape index (κ3) is 3.02. The summed E-state index contributed by atoms with van der Waals surface area (Å²) in [5.74, 6) is -0.719. The molecule has 0 bridgehead atoms. The molecule has 122 valence electrons. The number of carbonyl (C=O) groups is 1. The number of hydrogen-bond acceptors (Lipinski definition) is 5. The predicted molar refractivity (Wildman–Crippen MR) is 86.9 cm³/mol. The van der Waals surface area contributed by atoms with Crippen LogP contribution < -0.4 is 9.03 Å². The molecule has 1 aromatic carbocycles. The number of amides is 1. The van der Waals surface area contributed by atoms with E-state index in [1.165, 1.54) is 12.3 Å². The number of rotatable bonds is 4. The molecule has 3 rings (SSSR count). The van der Waals surface area contributed by atoms with Crippen molar-refractivity contribution in [3.8, 4) is 6.07 Å². The molecule has 1 aliphatic heterocycles. The summed E-state index contributed by atoms with van der Waals surface area (Å²) in [5, 5.41) is 9.09. The van der Waals surface area contributed by atoms with Crippen LogP contribution in [0.2, 0.25) is 0 Å². The first-order chi connectivity index (χ1) is 11.5. The maximum absolute atomic E-state index is 12.5. The molecule has 0 saturated carbocycles. The number of nitrogens with one attached hydrogen (secondary N) is 1. The fourth-order valence-electron chi connectivity index (χ4n) is 2.45. The van der Waals surface area contributed by atoms with Crippen LogP contribution in [0.5, 0.6) is 0 Å². The molecular formula is C16H13N3O4S. The Bertz CT molecular complexity index is 940. The molecule has 0 fully saturated rings. The second kappa shape index (κ2) is 6.22. The summed E-state index contributed by atoms with van der Waals surface area (Å²) in [6.07, 6.45) is 3.14. The van der Waals surface area contributed by atoms with E-state index in [1.54, 1.807) is 30.3 Å². The van der Waals surface area contributed by atoms with E-state index >= 15 is 0 Å². The highest BCUT2D eigenvalue weighted by molar-refractivity contribution is 7.91. The molecule has 2 aromatic rings. The van der Waals surface area contributed by atoms with Gasteiger partial charge in [0.15, 0.2) is 0 Å². The molecule has 2 heterocycles. The third-order valence-electron chi connectivity index (χ3n) is 3.55. The summed E-state index contributed by atoms with van der Waals surface area (Å²) in [6, 6.07) is 11.9. The van der Waals surface area contributed by atoms with Crippen molar-refractivity contribution in [2.24, 2.45) is 0 Å². The monoisotopic (exact) mass is 343 g/mol. The average molecular weight is 343 g/mol. The number of furan rings is 1. The molecule has 0 unspecified atom stereocenters. The first kappa shape index (κ1) is 15.8. The molecule has 8 heteroatoms. The zero-order valence-electron chi connectivity index (χ0n) is 12.5. The highest BCUT2D eigenvalue weighted by atomic mass is 32.2. The van der Waals surface area contributed by atoms with Crippen LogP contribution in [0, 0.1) is 11.3 Å². The van der Waals surface area contributed by atoms with Gasteiger partial charge in [-0.1, -0.05) is 18.2 Å². The maximum Gasteiger partial charge on any atom is 0.326 e. The van der Waals surface area contributed by atoms with Crippen LogP contribution in [0.25, 0.3) is 6.08 Å². The van der Waals surface area contributed by atoms with Gasteiger partial charge in [-0.25, -0.2) is 4.72 Å². The Morgan fingerprint density at radius 1 is 1.29 bits per heavy atom. The molecule has 7 nitrogen and oxygen atoms in total. The van der Waals surface area contributed by atoms with Crippen LogP contribution in [0.4, 0.5) is 5.69 Å². The van der Waals surface area contributed by atoms with E-state index in [2.05, 4.69) is 0 Å². The summed E-state index contributed by atoms with van der Waals surface area (Å²) in [6.45, 7) is 0.242. The van der Waals surface area contributed by atoms with Crippen LogP contribution >= 0.6 is 0 Å². The van der Waals surface area contributed by atoms with Crippen molar-refractivity contribution in [3.63, 3.8) is 0 Å². The van der Waals surface area contributed by atoms with Crippen molar-refractivity contribution < 1.29 is 17.6 Å². The Kier molecular flexibility index (Phi) is 4.10. The number of nitriles is 1. The normalized spacial score (nSPS) is 14.1. The van der Waals surface area contributed by atoms with Gasteiger partial charge < -0.3 is 4.42 Å². The van der Waals surface area contributed by atoms with Gasteiger partial charge in [0.2, 0.25) is 0 Å². The van der Waals surface area contributed by atoms with Crippen LogP contribution in [-0.2, 0) is 21.4 Å². The van der Waals surface area contributed by atoms with E-state index in [9.17, 15) is 13.2 Å². The van der Waals surface area contributed by atoms with Crippen molar-refractivity contribution in [1.29, 1.82) is 5.26 Å². The highest BCUT2D eigenvalue weighted by Gasteiger charge is 2.31. The van der Waals surface area contributed by atoms with Crippen LogP contribution in [-0.4, -0.2) is 20.9 Å². The first-order valence-electron chi connectivity index (χ1n) is 7.09. The van der Waals surface area contributed by atoms with E-state index in [4.69, 9.17) is 9.68 Å². The summed E-state index contributed by atoms with van der Waals surface area (Å²) >= 11 is 0. The van der Waals surface area contributed by atoms with Gasteiger partial charge in [-0.2, -0.15) is 13.7 Å². The smallest absolute Gasteiger partial charge is 0.326 e. The zero-order chi connectivity index (χ0) is 17.2. The molecule has 0 aliphatic carbocycles. The Morgan fingerprint density at radius 2 is 2.08 bits per heavy atom. The number of fused-ring (bicyclic) bond motifs is 1. The number of carbonyl (C=O) groups excluding carboxylic acids is 1. The average Bonchev–Trinajstić information content (AvgIpc) is 3.21. The molecule has 1 N–H and O–H groups in total. The molecule has 1 aliphatic rings. The van der Waals surface area contributed by atoms with E-state index in [0.29, 0.717) is 12.1 Å². The van der Waals surface area contributed by atoms with Gasteiger partial charge in [0.1, 0.15) is 17.4 Å². The molecule has 24 heavy (non-hydrogen) atoms. The molecule has 0 spiro atoms. The molecule has 0 saturated heterocycles. The van der Waals surface area contributed by atoms with Crippen LogP contribution in [0.3, 0.4) is 0 Å². The van der Waals surface area contributed by atoms with Crippen LogP contribution in [0.1, 0.15) is 11.3 Å². The van der Waals surface area contributed by atoms with Gasteiger partial charge in [-0.15, -0.1) is 0 Å². The van der Waals surface area contributed by atoms with Crippen molar-refractivity contribution in [3.05, 3.63) is 59.6 Å². The van der Waals surface area contributed by atoms with E-state index in [0.717, 1.165) is 9.87 Å². The fourth-order valence-corrected chi connectivity index (χ4v) is 3.67. The molecule has 0 atom stereocenters. The van der Waals surface area contributed by atoms with Gasteiger partial charge in [0, 0.05) is 12.6 Å². The minimum atomic E-state index is -4.10. The zero-order valence-corrected chi connectivity index (χ0v) is 13.3. The molecule has 1 amide bonds. The lowest BCUT2D eigenvalue weighted by molar-refractivity contribution is -0.115. The number of anilines is 1. The summed E-state index contributed by atoms with van der Waals surface area (Å²) in [4.78, 5) is 12.1. The molecule has 0 radical (unpaired) electrons. The third-order valence-corrected chi connectivity index (χ3v) is 4.95. The highest BCUT2D eigenvalue weighted by Crippen LogP contribution is 2.29. The van der Waals surface area contributed by atoms with E-state index < -0.39 is 16.1 Å². The summed E-state index contributed by atoms with van der Waals surface area (Å²) in [5.41, 5.74) is 1.06. The Morgan fingerprint density at radius 3 is 2.79 bits per heavy atom. The SMILES string of the molecule is N#C/C(=C/c1ccco1)C(=O)NS(=O)(=O)N1CCc2ccccc21. The van der Waals surface area contributed by atoms with Gasteiger partial charge in [0.05, 0.1) is 12.0 Å². The van der Waals surface area contributed by atoms with Crippen molar-refractivity contribution in [2.45, 2.75) is 6.42 Å². The lowest BCUT2D eigenvalue weighted by atomic mass is 10.2. The van der Waals surface area contributed by atoms with Crippen molar-refractivity contribution in [1.82, 2.24) is 4.72 Å². The van der Waals surface area contributed by atoms with Crippen LogP contribution in [0.15, 0.2) is 52.7 Å². The van der Waals surface area contributed by atoms with Gasteiger partial charge >= 0.3 is 10.2 Å². The number of hydrogen-bond donors (Lipinski definition) is 1. The summed E-state index contributed by atoms with van der Waals surface area (Å²) in [7, 11) is -4.10. The van der Waals surface area contributed by atoms with Gasteiger partial charge in [-0.3, -0.25) is 9.10 Å². The molecule has 1 aromatic heterocycles. The molecular weight excluding hydrogens is 330 g/mol. The summed E-state index contributed by atoms with van der Waals surface area (Å²) < 4.78 is 33.0. The number of nitrogens with zero attached hydrogens (tertiary/aromatic N) is 2. The second-order valence-electron chi connectivity index (χ2n) is 5.07. The lowest BCUT2D eigenvalue weighted by Gasteiger charge is -2.19. The quantitative estimate of drug-likeness (QED) is 0.671. The Balaban J connectivity index is 1.82. The van der Waals surface area contributed by atoms with Gasteiger partial charge in [-0.05, 0) is 30.2 Å². The Labute approximate surface area is 139 Å².